The standard InChI is InChI=1S/C12H23NO3/c1-8-5-9(7-14)6-10(8)13-11(15)16-12(2,3)4/h8-10,14H,5-7H2,1-4H3,(H,13,15)/t8-,9+,10-/m1/s1. The number of alkyl carbamates (subject to hydrolysis) is 1. The normalized spacial score (nSPS) is 30.2. The van der Waals surface area contributed by atoms with Gasteiger partial charge in [0.05, 0.1) is 0 Å². The largest absolute Gasteiger partial charge is 0.444 e. The molecule has 0 radical (unpaired) electrons. The van der Waals surface area contributed by atoms with Crippen LogP contribution in [0.4, 0.5) is 4.79 Å². The van der Waals surface area contributed by atoms with Crippen molar-refractivity contribution in [3.8, 4) is 0 Å². The molecule has 0 saturated heterocycles. The van der Waals surface area contributed by atoms with Crippen molar-refractivity contribution in [3.05, 3.63) is 0 Å². The highest BCUT2D eigenvalue weighted by Gasteiger charge is 2.32. The minimum absolute atomic E-state index is 0.131. The van der Waals surface area contributed by atoms with Gasteiger partial charge in [-0.2, -0.15) is 0 Å². The van der Waals surface area contributed by atoms with Crippen molar-refractivity contribution < 1.29 is 14.6 Å². The third-order valence-electron chi connectivity index (χ3n) is 2.94. The Kier molecular flexibility index (Phi) is 4.19. The van der Waals surface area contributed by atoms with Gasteiger partial charge in [-0.25, -0.2) is 4.79 Å². The van der Waals surface area contributed by atoms with E-state index in [1.54, 1.807) is 0 Å². The number of nitrogens with one attached hydrogen (secondary N) is 1. The number of ether oxygens (including phenoxy) is 1. The molecule has 1 amide bonds. The van der Waals surface area contributed by atoms with E-state index in [2.05, 4.69) is 12.2 Å². The summed E-state index contributed by atoms with van der Waals surface area (Å²) in [7, 11) is 0. The second-order valence-corrected chi connectivity index (χ2v) is 5.75. The summed E-state index contributed by atoms with van der Waals surface area (Å²) in [5.74, 6) is 0.722. The highest BCUT2D eigenvalue weighted by Crippen LogP contribution is 2.30. The van der Waals surface area contributed by atoms with Crippen molar-refractivity contribution in [2.45, 2.75) is 52.2 Å². The highest BCUT2D eigenvalue weighted by atomic mass is 16.6. The second-order valence-electron chi connectivity index (χ2n) is 5.75. The van der Waals surface area contributed by atoms with Crippen LogP contribution >= 0.6 is 0 Å². The van der Waals surface area contributed by atoms with Crippen LogP contribution in [0.25, 0.3) is 0 Å². The third-order valence-corrected chi connectivity index (χ3v) is 2.94. The van der Waals surface area contributed by atoms with Gasteiger partial charge in [0.2, 0.25) is 0 Å². The summed E-state index contributed by atoms with van der Waals surface area (Å²) in [6.07, 6.45) is 1.45. The van der Waals surface area contributed by atoms with Crippen LogP contribution in [-0.4, -0.2) is 29.4 Å². The van der Waals surface area contributed by atoms with Gasteiger partial charge in [-0.15, -0.1) is 0 Å². The molecular formula is C12H23NO3. The molecule has 0 aromatic rings. The number of aliphatic hydroxyl groups is 1. The van der Waals surface area contributed by atoms with E-state index in [1.807, 2.05) is 20.8 Å². The minimum Gasteiger partial charge on any atom is -0.444 e. The fourth-order valence-corrected chi connectivity index (χ4v) is 2.19. The first-order chi connectivity index (χ1) is 7.31. The maximum atomic E-state index is 11.6. The third kappa shape index (κ3) is 4.00. The van der Waals surface area contributed by atoms with Crippen LogP contribution in [-0.2, 0) is 4.74 Å². The molecule has 0 aromatic carbocycles. The molecule has 16 heavy (non-hydrogen) atoms. The summed E-state index contributed by atoms with van der Waals surface area (Å²) < 4.78 is 5.20. The molecule has 0 aliphatic heterocycles. The molecule has 1 saturated carbocycles. The number of aliphatic hydroxyl groups excluding tert-OH is 1. The molecule has 1 aliphatic carbocycles. The molecule has 3 atom stereocenters. The smallest absolute Gasteiger partial charge is 0.407 e. The van der Waals surface area contributed by atoms with Crippen LogP contribution in [0.3, 0.4) is 0 Å². The lowest BCUT2D eigenvalue weighted by Gasteiger charge is -2.23. The van der Waals surface area contributed by atoms with Crippen LogP contribution in [0.1, 0.15) is 40.5 Å². The Labute approximate surface area is 97.4 Å². The molecule has 4 heteroatoms. The molecular weight excluding hydrogens is 206 g/mol. The van der Waals surface area contributed by atoms with Gasteiger partial charge >= 0.3 is 6.09 Å². The lowest BCUT2D eigenvalue weighted by atomic mass is 10.1. The first-order valence-corrected chi connectivity index (χ1v) is 5.92. The van der Waals surface area contributed by atoms with Crippen molar-refractivity contribution >= 4 is 6.09 Å². The topological polar surface area (TPSA) is 58.6 Å². The van der Waals surface area contributed by atoms with Gasteiger partial charge in [0.25, 0.3) is 0 Å². The lowest BCUT2D eigenvalue weighted by Crippen LogP contribution is -2.40. The van der Waals surface area contributed by atoms with E-state index < -0.39 is 5.60 Å². The van der Waals surface area contributed by atoms with Crippen LogP contribution in [0.5, 0.6) is 0 Å². The molecule has 2 N–H and O–H groups in total. The maximum absolute atomic E-state index is 11.6. The van der Waals surface area contributed by atoms with Crippen molar-refractivity contribution in [1.29, 1.82) is 0 Å². The SMILES string of the molecule is C[C@@H]1C[C@H](CO)C[C@H]1NC(=O)OC(C)(C)C. The summed E-state index contributed by atoms with van der Waals surface area (Å²) in [4.78, 5) is 11.6. The summed E-state index contributed by atoms with van der Waals surface area (Å²) in [6.45, 7) is 7.85. The average Bonchev–Trinajstić information content (AvgIpc) is 2.44. The molecule has 1 fully saturated rings. The van der Waals surface area contributed by atoms with Crippen LogP contribution in [0, 0.1) is 11.8 Å². The minimum atomic E-state index is -0.456. The highest BCUT2D eigenvalue weighted by molar-refractivity contribution is 5.68. The van der Waals surface area contributed by atoms with E-state index >= 15 is 0 Å². The number of hydrogen-bond acceptors (Lipinski definition) is 3. The van der Waals surface area contributed by atoms with Crippen molar-refractivity contribution in [2.24, 2.45) is 11.8 Å². The Morgan fingerprint density at radius 2 is 2.06 bits per heavy atom. The fraction of sp³-hybridized carbons (Fsp3) is 0.917. The van der Waals surface area contributed by atoms with Crippen molar-refractivity contribution in [2.75, 3.05) is 6.61 Å². The summed E-state index contributed by atoms with van der Waals surface area (Å²) in [5.41, 5.74) is -0.456. The molecule has 0 unspecified atom stereocenters. The van der Waals surface area contributed by atoms with E-state index in [4.69, 9.17) is 9.84 Å². The lowest BCUT2D eigenvalue weighted by molar-refractivity contribution is 0.0493. The van der Waals surface area contributed by atoms with Gasteiger partial charge in [-0.1, -0.05) is 6.92 Å². The number of carbonyl (C=O) groups excluding carboxylic acids is 1. The fourth-order valence-electron chi connectivity index (χ4n) is 2.19. The molecule has 0 spiro atoms. The Bertz CT molecular complexity index is 247. The zero-order valence-corrected chi connectivity index (χ0v) is 10.6. The predicted molar refractivity (Wildman–Crippen MR) is 62.1 cm³/mol. The first kappa shape index (κ1) is 13.3. The predicted octanol–water partition coefficient (Wildman–Crippen LogP) is 1.92. The first-order valence-electron chi connectivity index (χ1n) is 5.92. The van der Waals surface area contributed by atoms with Crippen molar-refractivity contribution in [3.63, 3.8) is 0 Å². The quantitative estimate of drug-likeness (QED) is 0.760. The van der Waals surface area contributed by atoms with Crippen LogP contribution in [0.15, 0.2) is 0 Å². The van der Waals surface area contributed by atoms with Gasteiger partial charge < -0.3 is 15.2 Å². The zero-order valence-electron chi connectivity index (χ0n) is 10.6. The van der Waals surface area contributed by atoms with E-state index in [9.17, 15) is 4.79 Å². The number of hydrogen-bond donors (Lipinski definition) is 2. The van der Waals surface area contributed by atoms with Gasteiger partial charge in [0.1, 0.15) is 5.60 Å². The molecule has 0 heterocycles. The molecule has 0 bridgehead atoms. The summed E-state index contributed by atoms with van der Waals surface area (Å²) in [6, 6.07) is 0.131. The van der Waals surface area contributed by atoms with E-state index in [1.165, 1.54) is 0 Å². The van der Waals surface area contributed by atoms with E-state index in [-0.39, 0.29) is 18.7 Å². The van der Waals surface area contributed by atoms with Crippen LogP contribution in [0.2, 0.25) is 0 Å². The average molecular weight is 229 g/mol. The van der Waals surface area contributed by atoms with Gasteiger partial charge in [0, 0.05) is 12.6 Å². The van der Waals surface area contributed by atoms with Gasteiger partial charge in [-0.05, 0) is 45.4 Å². The Balaban J connectivity index is 2.40. The molecule has 0 aromatic heterocycles. The van der Waals surface area contributed by atoms with Gasteiger partial charge in [-0.3, -0.25) is 0 Å². The monoisotopic (exact) mass is 229 g/mol. The zero-order chi connectivity index (χ0) is 12.3. The molecule has 1 aliphatic rings. The molecule has 4 nitrogen and oxygen atoms in total. The number of rotatable bonds is 2. The summed E-state index contributed by atoms with van der Waals surface area (Å²) in [5, 5.41) is 12.0. The van der Waals surface area contributed by atoms with Gasteiger partial charge in [0.15, 0.2) is 0 Å². The Hall–Kier alpha value is -0.770. The maximum Gasteiger partial charge on any atom is 0.407 e. The van der Waals surface area contributed by atoms with E-state index in [0.29, 0.717) is 11.8 Å². The van der Waals surface area contributed by atoms with Crippen LogP contribution < -0.4 is 5.32 Å². The van der Waals surface area contributed by atoms with Crippen molar-refractivity contribution in [1.82, 2.24) is 5.32 Å². The molecule has 1 rings (SSSR count). The molecule has 94 valence electrons. The Morgan fingerprint density at radius 1 is 1.44 bits per heavy atom. The number of amides is 1. The Morgan fingerprint density at radius 3 is 2.50 bits per heavy atom. The second kappa shape index (κ2) is 5.04. The number of carbonyl (C=O) groups is 1. The van der Waals surface area contributed by atoms with E-state index in [0.717, 1.165) is 12.8 Å². The summed E-state index contributed by atoms with van der Waals surface area (Å²) >= 11 is 0.